The second-order valence-electron chi connectivity index (χ2n) is 9.32. The highest BCUT2D eigenvalue weighted by molar-refractivity contribution is 5.99. The highest BCUT2D eigenvalue weighted by Gasteiger charge is 2.51. The van der Waals surface area contributed by atoms with Gasteiger partial charge in [0.2, 0.25) is 0 Å². The van der Waals surface area contributed by atoms with Crippen molar-refractivity contribution in [2.45, 2.75) is 56.9 Å². The van der Waals surface area contributed by atoms with Crippen LogP contribution in [-0.2, 0) is 16.0 Å². The number of carbonyl (C=O) groups is 1. The topological polar surface area (TPSA) is 52.5 Å². The molecule has 7 rings (SSSR count). The van der Waals surface area contributed by atoms with Crippen molar-refractivity contribution in [1.82, 2.24) is 9.88 Å². The molecule has 1 aliphatic heterocycles. The van der Waals surface area contributed by atoms with Gasteiger partial charge in [-0.15, -0.1) is 0 Å². The molecule has 1 N–H and O–H groups in total. The molecule has 5 aliphatic rings. The van der Waals surface area contributed by atoms with Crippen molar-refractivity contribution in [1.29, 1.82) is 0 Å². The molecular formula is C23H26N2O3. The number of ether oxygens (including phenoxy) is 2. The van der Waals surface area contributed by atoms with E-state index in [0.29, 0.717) is 12.2 Å². The maximum atomic E-state index is 13.5. The van der Waals surface area contributed by atoms with Crippen LogP contribution in [-0.4, -0.2) is 22.3 Å². The monoisotopic (exact) mass is 378 g/mol. The summed E-state index contributed by atoms with van der Waals surface area (Å²) in [6.07, 6.45) is 10.3. The lowest BCUT2D eigenvalue weighted by Crippen LogP contribution is -2.60. The van der Waals surface area contributed by atoms with Crippen molar-refractivity contribution in [3.05, 3.63) is 48.5 Å². The number of rotatable bonds is 4. The van der Waals surface area contributed by atoms with Gasteiger partial charge in [0.1, 0.15) is 18.2 Å². The molecule has 2 heterocycles. The zero-order valence-electron chi connectivity index (χ0n) is 16.0. The fraction of sp³-hybridized carbons (Fsp3) is 0.522. The molecule has 0 unspecified atom stereocenters. The van der Waals surface area contributed by atoms with Crippen LogP contribution in [0.1, 0.15) is 49.0 Å². The molecule has 2 aromatic rings. The summed E-state index contributed by atoms with van der Waals surface area (Å²) in [5.74, 6) is 2.47. The number of nitrogens with one attached hydrogen (secondary N) is 1. The Balaban J connectivity index is 1.32. The number of benzene rings is 1. The van der Waals surface area contributed by atoms with Gasteiger partial charge in [0.05, 0.1) is 6.54 Å². The van der Waals surface area contributed by atoms with Gasteiger partial charge in [-0.1, -0.05) is 18.2 Å². The first kappa shape index (κ1) is 16.5. The zero-order chi connectivity index (χ0) is 18.7. The van der Waals surface area contributed by atoms with Crippen LogP contribution in [0.15, 0.2) is 42.9 Å². The number of amides is 1. The first-order valence-corrected chi connectivity index (χ1v) is 10.5. The van der Waals surface area contributed by atoms with Crippen LogP contribution in [0.25, 0.3) is 10.9 Å². The standard InChI is InChI=1S/C23H26N2O3/c26-22(24-23-11-15-7-16(12-23)9-17(8-15)13-23)20-10-18-3-1-2-4-19(18)25(20)14-21-27-5-6-28-21/h1-6,10,15-17,21H,7-9,11-14H2,(H,24,26). The Hall–Kier alpha value is -2.43. The van der Waals surface area contributed by atoms with Crippen LogP contribution >= 0.6 is 0 Å². The molecule has 0 radical (unpaired) electrons. The normalized spacial score (nSPS) is 33.2. The minimum Gasteiger partial charge on any atom is -0.457 e. The lowest BCUT2D eigenvalue weighted by Gasteiger charge is -2.56. The summed E-state index contributed by atoms with van der Waals surface area (Å²) in [5, 5.41) is 4.58. The molecule has 4 aliphatic carbocycles. The van der Waals surface area contributed by atoms with E-state index in [4.69, 9.17) is 9.47 Å². The van der Waals surface area contributed by atoms with Crippen LogP contribution in [0.5, 0.6) is 0 Å². The van der Waals surface area contributed by atoms with E-state index in [1.54, 1.807) is 12.5 Å². The fourth-order valence-corrected chi connectivity index (χ4v) is 6.67. The summed E-state index contributed by atoms with van der Waals surface area (Å²) in [6.45, 7) is 0.490. The van der Waals surface area contributed by atoms with Crippen molar-refractivity contribution < 1.29 is 14.3 Å². The number of nitrogens with zero attached hydrogens (tertiary/aromatic N) is 1. The molecule has 4 fully saturated rings. The number of hydrogen-bond acceptors (Lipinski definition) is 3. The fourth-order valence-electron chi connectivity index (χ4n) is 6.67. The molecule has 0 atom stereocenters. The molecule has 5 nitrogen and oxygen atoms in total. The van der Waals surface area contributed by atoms with Gasteiger partial charge < -0.3 is 19.4 Å². The third-order valence-corrected chi connectivity index (χ3v) is 7.31. The van der Waals surface area contributed by atoms with Crippen LogP contribution in [0, 0.1) is 17.8 Å². The Morgan fingerprint density at radius 3 is 2.36 bits per heavy atom. The average Bonchev–Trinajstić information content (AvgIpc) is 3.29. The molecule has 5 heteroatoms. The number of carbonyl (C=O) groups excluding carboxylic acids is 1. The van der Waals surface area contributed by atoms with Crippen molar-refractivity contribution in [2.75, 3.05) is 0 Å². The summed E-state index contributed by atoms with van der Waals surface area (Å²) in [6, 6.07) is 10.1. The maximum absolute atomic E-state index is 13.5. The molecular weight excluding hydrogens is 352 g/mol. The van der Waals surface area contributed by atoms with E-state index in [2.05, 4.69) is 17.4 Å². The van der Waals surface area contributed by atoms with E-state index < -0.39 is 0 Å². The van der Waals surface area contributed by atoms with Gasteiger partial charge in [-0.25, -0.2) is 0 Å². The van der Waals surface area contributed by atoms with Gasteiger partial charge in [-0.3, -0.25) is 4.79 Å². The van der Waals surface area contributed by atoms with E-state index in [9.17, 15) is 4.79 Å². The molecule has 0 spiro atoms. The molecule has 1 aromatic heterocycles. The molecule has 28 heavy (non-hydrogen) atoms. The van der Waals surface area contributed by atoms with Crippen LogP contribution in [0.2, 0.25) is 0 Å². The predicted octanol–water partition coefficient (Wildman–Crippen LogP) is 4.18. The Labute approximate surface area is 164 Å². The highest BCUT2D eigenvalue weighted by Crippen LogP contribution is 2.55. The van der Waals surface area contributed by atoms with Gasteiger partial charge in [-0.2, -0.15) is 0 Å². The molecule has 146 valence electrons. The van der Waals surface area contributed by atoms with Gasteiger partial charge in [0.25, 0.3) is 12.2 Å². The average molecular weight is 378 g/mol. The number of aromatic nitrogens is 1. The Morgan fingerprint density at radius 2 is 1.68 bits per heavy atom. The number of fused-ring (bicyclic) bond motifs is 1. The summed E-state index contributed by atoms with van der Waals surface area (Å²) in [4.78, 5) is 13.5. The van der Waals surface area contributed by atoms with Crippen LogP contribution < -0.4 is 5.32 Å². The zero-order valence-corrected chi connectivity index (χ0v) is 16.0. The Morgan fingerprint density at radius 1 is 1.04 bits per heavy atom. The van der Waals surface area contributed by atoms with E-state index in [-0.39, 0.29) is 17.7 Å². The van der Waals surface area contributed by atoms with Crippen molar-refractivity contribution in [2.24, 2.45) is 17.8 Å². The van der Waals surface area contributed by atoms with E-state index in [1.807, 2.05) is 22.8 Å². The third-order valence-electron chi connectivity index (χ3n) is 7.31. The minimum atomic E-state index is -0.387. The first-order chi connectivity index (χ1) is 13.7. The Kier molecular flexibility index (Phi) is 3.56. The number of hydrogen-bond donors (Lipinski definition) is 1. The first-order valence-electron chi connectivity index (χ1n) is 10.5. The largest absolute Gasteiger partial charge is 0.457 e. The maximum Gasteiger partial charge on any atom is 0.268 e. The van der Waals surface area contributed by atoms with Gasteiger partial charge in [0, 0.05) is 16.4 Å². The van der Waals surface area contributed by atoms with Crippen molar-refractivity contribution >= 4 is 16.8 Å². The van der Waals surface area contributed by atoms with Crippen LogP contribution in [0.3, 0.4) is 0 Å². The van der Waals surface area contributed by atoms with Crippen molar-refractivity contribution in [3.8, 4) is 0 Å². The summed E-state index contributed by atoms with van der Waals surface area (Å²) < 4.78 is 13.0. The van der Waals surface area contributed by atoms with Gasteiger partial charge in [0.15, 0.2) is 0 Å². The summed E-state index contributed by atoms with van der Waals surface area (Å²) >= 11 is 0. The lowest BCUT2D eigenvalue weighted by molar-refractivity contribution is -0.0338. The molecule has 0 saturated heterocycles. The smallest absolute Gasteiger partial charge is 0.268 e. The molecule has 4 bridgehead atoms. The van der Waals surface area contributed by atoms with E-state index >= 15 is 0 Å². The predicted molar refractivity (Wildman–Crippen MR) is 105 cm³/mol. The molecule has 4 saturated carbocycles. The SMILES string of the molecule is O=C(NC12CC3CC(CC(C3)C1)C2)c1cc2ccccc2n1CC1OC=CO1. The van der Waals surface area contributed by atoms with Crippen molar-refractivity contribution in [3.63, 3.8) is 0 Å². The second kappa shape index (κ2) is 6.03. The minimum absolute atomic E-state index is 0.00896. The highest BCUT2D eigenvalue weighted by atomic mass is 16.7. The second-order valence-corrected chi connectivity index (χ2v) is 9.32. The number of para-hydroxylation sites is 1. The lowest BCUT2D eigenvalue weighted by atomic mass is 9.53. The van der Waals surface area contributed by atoms with E-state index in [1.165, 1.54) is 19.3 Å². The third kappa shape index (κ3) is 2.63. The van der Waals surface area contributed by atoms with E-state index in [0.717, 1.165) is 47.9 Å². The molecule has 1 aromatic carbocycles. The summed E-state index contributed by atoms with van der Waals surface area (Å²) in [7, 11) is 0. The van der Waals surface area contributed by atoms with Gasteiger partial charge >= 0.3 is 0 Å². The Bertz CT molecular complexity index is 917. The van der Waals surface area contributed by atoms with Crippen LogP contribution in [0.4, 0.5) is 0 Å². The van der Waals surface area contributed by atoms with Gasteiger partial charge in [-0.05, 0) is 68.4 Å². The molecule has 1 amide bonds. The summed E-state index contributed by atoms with van der Waals surface area (Å²) in [5.41, 5.74) is 1.75. The quantitative estimate of drug-likeness (QED) is 0.868.